The number of nitriles is 1. The third-order valence-corrected chi connectivity index (χ3v) is 4.63. The minimum absolute atomic E-state index is 0.347. The topological polar surface area (TPSA) is 74.2 Å². The molecule has 1 atom stereocenters. The Bertz CT molecular complexity index is 519. The molecular weight excluding hydrogens is 262 g/mol. The average molecular weight is 279 g/mol. The molecule has 19 heavy (non-hydrogen) atoms. The zero-order valence-electron chi connectivity index (χ0n) is 11.1. The van der Waals surface area contributed by atoms with Crippen LogP contribution in [0.25, 0.3) is 0 Å². The summed E-state index contributed by atoms with van der Waals surface area (Å²) in [5, 5.41) is 15.7. The van der Waals surface area contributed by atoms with Crippen molar-refractivity contribution in [1.82, 2.24) is 5.32 Å². The largest absolute Gasteiger partial charge is 0.449 e. The van der Waals surface area contributed by atoms with Gasteiger partial charge in [0.25, 0.3) is 0 Å². The van der Waals surface area contributed by atoms with Gasteiger partial charge in [0.05, 0.1) is 12.2 Å². The molecule has 0 aromatic carbocycles. The first kappa shape index (κ1) is 13.7. The summed E-state index contributed by atoms with van der Waals surface area (Å²) in [5.41, 5.74) is 1.96. The van der Waals surface area contributed by atoms with Crippen LogP contribution in [-0.2, 0) is 17.6 Å². The van der Waals surface area contributed by atoms with E-state index in [4.69, 9.17) is 4.74 Å². The van der Waals surface area contributed by atoms with Crippen molar-refractivity contribution >= 4 is 22.4 Å². The van der Waals surface area contributed by atoms with Gasteiger partial charge in [-0.25, -0.2) is 4.79 Å². The van der Waals surface area contributed by atoms with E-state index in [2.05, 4.69) is 16.7 Å². The predicted molar refractivity (Wildman–Crippen MR) is 74.5 cm³/mol. The molecule has 0 fully saturated rings. The molecule has 2 N–H and O–H groups in total. The number of thiophene rings is 1. The summed E-state index contributed by atoms with van der Waals surface area (Å²) in [7, 11) is 3.39. The molecule has 0 unspecified atom stereocenters. The number of anilines is 1. The van der Waals surface area contributed by atoms with Crippen LogP contribution in [0.2, 0.25) is 0 Å². The lowest BCUT2D eigenvalue weighted by molar-refractivity contribution is 0.125. The van der Waals surface area contributed by atoms with E-state index in [9.17, 15) is 10.1 Å². The summed E-state index contributed by atoms with van der Waals surface area (Å²) in [4.78, 5) is 12.3. The highest BCUT2D eigenvalue weighted by molar-refractivity contribution is 7.16. The fraction of sp³-hybridized carbons (Fsp3) is 0.538. The number of carbonyl (C=O) groups excluding carboxylic acids is 1. The number of alkyl carbamates (subject to hydrolysis) is 1. The number of fused-ring (bicyclic) bond motifs is 1. The molecule has 1 aliphatic rings. The molecule has 0 saturated carbocycles. The van der Waals surface area contributed by atoms with Crippen molar-refractivity contribution in [3.8, 4) is 6.07 Å². The zero-order chi connectivity index (χ0) is 13.8. The number of amides is 1. The van der Waals surface area contributed by atoms with Crippen molar-refractivity contribution in [1.29, 1.82) is 5.26 Å². The van der Waals surface area contributed by atoms with Gasteiger partial charge in [-0.15, -0.1) is 11.3 Å². The summed E-state index contributed by atoms with van der Waals surface area (Å²) in [6.45, 7) is 0.438. The summed E-state index contributed by atoms with van der Waals surface area (Å²) < 4.78 is 5.11. The smallest absolute Gasteiger partial charge is 0.406 e. The number of rotatable bonds is 3. The SMILES string of the molecule is CNC(=O)OC[C@H]1CCc2c(sc(NC)c2C#N)C1. The normalized spacial score (nSPS) is 17.2. The first-order chi connectivity index (χ1) is 9.19. The summed E-state index contributed by atoms with van der Waals surface area (Å²) >= 11 is 1.64. The van der Waals surface area contributed by atoms with Crippen molar-refractivity contribution in [3.05, 3.63) is 16.0 Å². The average Bonchev–Trinajstić information content (AvgIpc) is 2.81. The van der Waals surface area contributed by atoms with Crippen LogP contribution in [0.1, 0.15) is 22.4 Å². The lowest BCUT2D eigenvalue weighted by Gasteiger charge is -2.21. The molecule has 6 heteroatoms. The molecule has 1 heterocycles. The van der Waals surface area contributed by atoms with Crippen LogP contribution in [0.4, 0.5) is 9.80 Å². The summed E-state index contributed by atoms with van der Waals surface area (Å²) in [5.74, 6) is 0.347. The van der Waals surface area contributed by atoms with Crippen LogP contribution in [0.15, 0.2) is 0 Å². The Kier molecular flexibility index (Phi) is 4.27. The minimum Gasteiger partial charge on any atom is -0.449 e. The second kappa shape index (κ2) is 5.93. The lowest BCUT2D eigenvalue weighted by Crippen LogP contribution is -2.25. The first-order valence-electron chi connectivity index (χ1n) is 6.26. The summed E-state index contributed by atoms with van der Waals surface area (Å²) in [6.07, 6.45) is 2.34. The molecule has 2 rings (SSSR count). The molecular formula is C13H17N3O2S. The van der Waals surface area contributed by atoms with Gasteiger partial charge in [0.1, 0.15) is 11.1 Å². The maximum atomic E-state index is 11.1. The van der Waals surface area contributed by atoms with Crippen LogP contribution in [-0.4, -0.2) is 26.8 Å². The van der Waals surface area contributed by atoms with Gasteiger partial charge in [-0.3, -0.25) is 0 Å². The number of ether oxygens (including phenoxy) is 1. The highest BCUT2D eigenvalue weighted by Crippen LogP contribution is 2.39. The van der Waals surface area contributed by atoms with Crippen LogP contribution in [0.5, 0.6) is 0 Å². The molecule has 5 nitrogen and oxygen atoms in total. The van der Waals surface area contributed by atoms with Crippen molar-refractivity contribution in [2.24, 2.45) is 5.92 Å². The number of nitrogens with zero attached hydrogens (tertiary/aromatic N) is 1. The molecule has 1 amide bonds. The molecule has 0 radical (unpaired) electrons. The van der Waals surface area contributed by atoms with Gasteiger partial charge in [0.15, 0.2) is 0 Å². The lowest BCUT2D eigenvalue weighted by atomic mass is 9.88. The standard InChI is InChI=1S/C13H17N3O2S/c1-15-12-10(6-14)9-4-3-8(5-11(9)19-12)7-18-13(17)16-2/h8,15H,3-5,7H2,1-2H3,(H,16,17)/t8-/m0/s1. The molecule has 102 valence electrons. The van der Waals surface area contributed by atoms with Crippen LogP contribution in [0, 0.1) is 17.2 Å². The van der Waals surface area contributed by atoms with Gasteiger partial charge >= 0.3 is 6.09 Å². The number of hydrogen-bond donors (Lipinski definition) is 2. The quantitative estimate of drug-likeness (QED) is 0.889. The molecule has 1 aromatic rings. The summed E-state index contributed by atoms with van der Waals surface area (Å²) in [6, 6.07) is 2.28. The Hall–Kier alpha value is -1.74. The number of nitrogens with one attached hydrogen (secondary N) is 2. The van der Waals surface area contributed by atoms with E-state index in [1.54, 1.807) is 18.4 Å². The monoisotopic (exact) mass is 279 g/mol. The van der Waals surface area contributed by atoms with E-state index in [1.165, 1.54) is 10.4 Å². The first-order valence-corrected chi connectivity index (χ1v) is 7.08. The predicted octanol–water partition coefficient (Wildman–Crippen LogP) is 2.12. The third-order valence-electron chi connectivity index (χ3n) is 3.36. The highest BCUT2D eigenvalue weighted by atomic mass is 32.1. The van der Waals surface area contributed by atoms with E-state index in [1.807, 2.05) is 7.05 Å². The Labute approximate surface area is 116 Å². The van der Waals surface area contributed by atoms with E-state index < -0.39 is 0 Å². The third kappa shape index (κ3) is 2.82. The minimum atomic E-state index is -0.384. The van der Waals surface area contributed by atoms with E-state index in [0.717, 1.165) is 29.8 Å². The van der Waals surface area contributed by atoms with Crippen molar-refractivity contribution in [3.63, 3.8) is 0 Å². The fourth-order valence-electron chi connectivity index (χ4n) is 2.36. The second-order valence-corrected chi connectivity index (χ2v) is 5.63. The van der Waals surface area contributed by atoms with E-state index in [0.29, 0.717) is 12.5 Å². The van der Waals surface area contributed by atoms with Gasteiger partial charge in [0, 0.05) is 19.0 Å². The maximum Gasteiger partial charge on any atom is 0.406 e. The number of hydrogen-bond acceptors (Lipinski definition) is 5. The van der Waals surface area contributed by atoms with Crippen LogP contribution < -0.4 is 10.6 Å². The van der Waals surface area contributed by atoms with Crippen molar-refractivity contribution < 1.29 is 9.53 Å². The van der Waals surface area contributed by atoms with Gasteiger partial charge in [-0.1, -0.05) is 0 Å². The van der Waals surface area contributed by atoms with Gasteiger partial charge in [-0.2, -0.15) is 5.26 Å². The van der Waals surface area contributed by atoms with Crippen LogP contribution >= 0.6 is 11.3 Å². The molecule has 1 aromatic heterocycles. The van der Waals surface area contributed by atoms with Crippen LogP contribution in [0.3, 0.4) is 0 Å². The van der Waals surface area contributed by atoms with Gasteiger partial charge < -0.3 is 15.4 Å². The molecule has 0 bridgehead atoms. The molecule has 0 aliphatic heterocycles. The highest BCUT2D eigenvalue weighted by Gasteiger charge is 2.26. The maximum absolute atomic E-state index is 11.1. The molecule has 0 spiro atoms. The zero-order valence-corrected chi connectivity index (χ0v) is 11.9. The second-order valence-electron chi connectivity index (χ2n) is 4.53. The molecule has 1 aliphatic carbocycles. The van der Waals surface area contributed by atoms with Gasteiger partial charge in [-0.05, 0) is 30.7 Å². The van der Waals surface area contributed by atoms with E-state index >= 15 is 0 Å². The Balaban J connectivity index is 2.06. The van der Waals surface area contributed by atoms with E-state index in [-0.39, 0.29) is 6.09 Å². The Morgan fingerprint density at radius 2 is 2.37 bits per heavy atom. The van der Waals surface area contributed by atoms with Crippen molar-refractivity contribution in [2.75, 3.05) is 26.0 Å². The Morgan fingerprint density at radius 1 is 1.58 bits per heavy atom. The molecule has 0 saturated heterocycles. The van der Waals surface area contributed by atoms with Crippen molar-refractivity contribution in [2.45, 2.75) is 19.3 Å². The Morgan fingerprint density at radius 3 is 3.00 bits per heavy atom. The number of carbonyl (C=O) groups is 1. The van der Waals surface area contributed by atoms with Gasteiger partial charge in [0.2, 0.25) is 0 Å². The fourth-order valence-corrected chi connectivity index (χ4v) is 3.62.